The molecule has 29 heavy (non-hydrogen) atoms. The summed E-state index contributed by atoms with van der Waals surface area (Å²) in [6, 6.07) is 7.48. The molecular weight excluding hydrogens is 388 g/mol. The lowest BCUT2D eigenvalue weighted by molar-refractivity contribution is 0.0838. The minimum atomic E-state index is -0.144. The van der Waals surface area contributed by atoms with Crippen molar-refractivity contribution in [3.8, 4) is 0 Å². The second-order valence-corrected chi connectivity index (χ2v) is 7.93. The number of anilines is 1. The van der Waals surface area contributed by atoms with Gasteiger partial charge in [-0.05, 0) is 44.0 Å². The third-order valence-corrected chi connectivity index (χ3v) is 5.69. The Hall–Kier alpha value is -2.55. The Morgan fingerprint density at radius 3 is 2.62 bits per heavy atom. The zero-order chi connectivity index (χ0) is 20.8. The number of fused-ring (bicyclic) bond motifs is 1. The summed E-state index contributed by atoms with van der Waals surface area (Å²) in [6.07, 6.45) is 0. The first-order valence-electron chi connectivity index (χ1n) is 9.53. The second kappa shape index (κ2) is 9.78. The van der Waals surface area contributed by atoms with Crippen LogP contribution in [0.25, 0.3) is 10.2 Å². The maximum Gasteiger partial charge on any atom is 0.251 e. The van der Waals surface area contributed by atoms with Crippen molar-refractivity contribution in [3.05, 3.63) is 51.7 Å². The van der Waals surface area contributed by atoms with E-state index in [4.69, 9.17) is 9.84 Å². The van der Waals surface area contributed by atoms with Crippen LogP contribution in [0.5, 0.6) is 0 Å². The molecule has 0 aliphatic heterocycles. The summed E-state index contributed by atoms with van der Waals surface area (Å²) in [7, 11) is 0. The second-order valence-electron chi connectivity index (χ2n) is 6.73. The Balaban J connectivity index is 1.61. The summed E-state index contributed by atoms with van der Waals surface area (Å²) < 4.78 is 5.13. The zero-order valence-corrected chi connectivity index (χ0v) is 17.7. The quantitative estimate of drug-likeness (QED) is 0.466. The van der Waals surface area contributed by atoms with Gasteiger partial charge in [0.2, 0.25) is 0 Å². The van der Waals surface area contributed by atoms with Crippen molar-refractivity contribution in [2.24, 2.45) is 0 Å². The first-order valence-corrected chi connectivity index (χ1v) is 10.3. The summed E-state index contributed by atoms with van der Waals surface area (Å²) in [4.78, 5) is 23.5. The summed E-state index contributed by atoms with van der Waals surface area (Å²) in [5, 5.41) is 15.9. The van der Waals surface area contributed by atoms with Gasteiger partial charge in [-0.15, -0.1) is 11.3 Å². The van der Waals surface area contributed by atoms with Gasteiger partial charge in [0, 0.05) is 23.5 Å². The van der Waals surface area contributed by atoms with Crippen LogP contribution < -0.4 is 10.6 Å². The third-order valence-electron chi connectivity index (χ3n) is 4.58. The van der Waals surface area contributed by atoms with Gasteiger partial charge in [-0.3, -0.25) is 4.79 Å². The fourth-order valence-electron chi connectivity index (χ4n) is 2.95. The van der Waals surface area contributed by atoms with E-state index in [0.29, 0.717) is 25.3 Å². The molecule has 0 saturated heterocycles. The average molecular weight is 415 g/mol. The molecule has 0 radical (unpaired) electrons. The topological polar surface area (TPSA) is 96.4 Å². The smallest absolute Gasteiger partial charge is 0.251 e. The molecular formula is C21H26N4O3S. The van der Waals surface area contributed by atoms with E-state index in [0.717, 1.165) is 27.4 Å². The number of hydrogen-bond acceptors (Lipinski definition) is 7. The molecule has 0 unspecified atom stereocenters. The van der Waals surface area contributed by atoms with Crippen LogP contribution in [0.3, 0.4) is 0 Å². The number of benzene rings is 1. The SMILES string of the molecule is Cc1nc(NCc2ccc(C(=O)NCCOCCO)cc2)c2c(C)c(C)sc2n1. The Labute approximate surface area is 174 Å². The summed E-state index contributed by atoms with van der Waals surface area (Å²) in [5.74, 6) is 1.45. The van der Waals surface area contributed by atoms with Crippen molar-refractivity contribution in [1.82, 2.24) is 15.3 Å². The molecule has 0 aliphatic rings. The van der Waals surface area contributed by atoms with Gasteiger partial charge in [0.25, 0.3) is 5.91 Å². The normalized spacial score (nSPS) is 11.0. The van der Waals surface area contributed by atoms with Crippen LogP contribution in [-0.4, -0.2) is 47.3 Å². The van der Waals surface area contributed by atoms with E-state index < -0.39 is 0 Å². The Bertz CT molecular complexity index is 986. The predicted molar refractivity (Wildman–Crippen MR) is 116 cm³/mol. The number of nitrogens with one attached hydrogen (secondary N) is 2. The lowest BCUT2D eigenvalue weighted by Crippen LogP contribution is -2.27. The number of amides is 1. The largest absolute Gasteiger partial charge is 0.394 e. The minimum Gasteiger partial charge on any atom is -0.394 e. The van der Waals surface area contributed by atoms with Crippen molar-refractivity contribution in [3.63, 3.8) is 0 Å². The van der Waals surface area contributed by atoms with Crippen molar-refractivity contribution >= 4 is 33.3 Å². The molecule has 0 spiro atoms. The number of carbonyl (C=O) groups excluding carboxylic acids is 1. The third kappa shape index (κ3) is 5.29. The number of nitrogens with zero attached hydrogens (tertiary/aromatic N) is 2. The number of thiophene rings is 1. The Morgan fingerprint density at radius 2 is 1.90 bits per heavy atom. The first-order chi connectivity index (χ1) is 14.0. The highest BCUT2D eigenvalue weighted by atomic mass is 32.1. The van der Waals surface area contributed by atoms with Gasteiger partial charge in [0.15, 0.2) is 0 Å². The monoisotopic (exact) mass is 414 g/mol. The fourth-order valence-corrected chi connectivity index (χ4v) is 4.02. The predicted octanol–water partition coefficient (Wildman–Crippen LogP) is 2.97. The van der Waals surface area contributed by atoms with Crippen LogP contribution in [0.1, 0.15) is 32.2 Å². The van der Waals surface area contributed by atoms with Gasteiger partial charge >= 0.3 is 0 Å². The standard InChI is InChI=1S/C21H26N4O3S/c1-13-14(2)29-21-18(13)19(24-15(3)25-21)23-12-16-4-6-17(7-5-16)20(27)22-8-10-28-11-9-26/h4-7,26H,8-12H2,1-3H3,(H,22,27)(H,23,24,25). The number of aromatic nitrogens is 2. The number of aliphatic hydroxyl groups excluding tert-OH is 1. The van der Waals surface area contributed by atoms with Gasteiger partial charge in [0.1, 0.15) is 16.5 Å². The van der Waals surface area contributed by atoms with Crippen molar-refractivity contribution in [2.45, 2.75) is 27.3 Å². The molecule has 1 amide bonds. The number of hydrogen-bond donors (Lipinski definition) is 3. The van der Waals surface area contributed by atoms with Gasteiger partial charge in [0.05, 0.1) is 25.2 Å². The number of ether oxygens (including phenoxy) is 1. The van der Waals surface area contributed by atoms with Gasteiger partial charge < -0.3 is 20.5 Å². The number of carbonyl (C=O) groups is 1. The fraction of sp³-hybridized carbons (Fsp3) is 0.381. The van der Waals surface area contributed by atoms with Crippen molar-refractivity contribution in [2.75, 3.05) is 31.7 Å². The maximum absolute atomic E-state index is 12.1. The summed E-state index contributed by atoms with van der Waals surface area (Å²) in [5.41, 5.74) is 2.87. The van der Waals surface area contributed by atoms with Crippen LogP contribution in [0.2, 0.25) is 0 Å². The highest BCUT2D eigenvalue weighted by Gasteiger charge is 2.13. The van der Waals surface area contributed by atoms with Crippen molar-refractivity contribution in [1.29, 1.82) is 0 Å². The Kier molecular flexibility index (Phi) is 7.13. The molecule has 8 heteroatoms. The minimum absolute atomic E-state index is 0.0187. The molecule has 0 atom stereocenters. The lowest BCUT2D eigenvalue weighted by Gasteiger charge is -2.10. The molecule has 0 bridgehead atoms. The van der Waals surface area contributed by atoms with Gasteiger partial charge in [-0.2, -0.15) is 0 Å². The van der Waals surface area contributed by atoms with E-state index in [-0.39, 0.29) is 19.1 Å². The van der Waals surface area contributed by atoms with Gasteiger partial charge in [-0.25, -0.2) is 9.97 Å². The van der Waals surface area contributed by atoms with E-state index in [1.807, 2.05) is 31.2 Å². The molecule has 3 aromatic rings. The molecule has 7 nitrogen and oxygen atoms in total. The highest BCUT2D eigenvalue weighted by molar-refractivity contribution is 7.18. The van der Waals surface area contributed by atoms with Crippen LogP contribution in [0.15, 0.2) is 24.3 Å². The molecule has 0 saturated carbocycles. The number of rotatable bonds is 9. The van der Waals surface area contributed by atoms with E-state index in [9.17, 15) is 4.79 Å². The summed E-state index contributed by atoms with van der Waals surface area (Å²) in [6.45, 7) is 7.75. The molecule has 2 heterocycles. The van der Waals surface area contributed by atoms with Crippen LogP contribution in [0, 0.1) is 20.8 Å². The van der Waals surface area contributed by atoms with E-state index >= 15 is 0 Å². The lowest BCUT2D eigenvalue weighted by atomic mass is 10.1. The molecule has 3 N–H and O–H groups in total. The van der Waals surface area contributed by atoms with E-state index in [2.05, 4.69) is 34.4 Å². The van der Waals surface area contributed by atoms with Crippen LogP contribution >= 0.6 is 11.3 Å². The molecule has 0 fully saturated rings. The average Bonchev–Trinajstić information content (AvgIpc) is 2.99. The van der Waals surface area contributed by atoms with Crippen LogP contribution in [0.4, 0.5) is 5.82 Å². The number of aliphatic hydroxyl groups is 1. The molecule has 0 aliphatic carbocycles. The maximum atomic E-state index is 12.1. The summed E-state index contributed by atoms with van der Waals surface area (Å²) >= 11 is 1.69. The zero-order valence-electron chi connectivity index (χ0n) is 16.9. The molecule has 2 aromatic heterocycles. The highest BCUT2D eigenvalue weighted by Crippen LogP contribution is 2.33. The molecule has 1 aromatic carbocycles. The number of aryl methyl sites for hydroxylation is 3. The van der Waals surface area contributed by atoms with E-state index in [1.54, 1.807) is 11.3 Å². The van der Waals surface area contributed by atoms with Crippen molar-refractivity contribution < 1.29 is 14.6 Å². The van der Waals surface area contributed by atoms with Crippen LogP contribution in [-0.2, 0) is 11.3 Å². The Morgan fingerprint density at radius 1 is 1.14 bits per heavy atom. The molecule has 3 rings (SSSR count). The first kappa shape index (κ1) is 21.2. The van der Waals surface area contributed by atoms with E-state index in [1.165, 1.54) is 10.4 Å². The molecule has 154 valence electrons. The van der Waals surface area contributed by atoms with Gasteiger partial charge in [-0.1, -0.05) is 12.1 Å².